The molecule has 0 fully saturated rings. The summed E-state index contributed by atoms with van der Waals surface area (Å²) >= 11 is 0. The smallest absolute Gasteiger partial charge is 0.335 e. The molecule has 1 amide bonds. The third-order valence-electron chi connectivity index (χ3n) is 3.53. The van der Waals surface area contributed by atoms with Gasteiger partial charge in [-0.1, -0.05) is 36.4 Å². The Morgan fingerprint density at radius 3 is 2.43 bits per heavy atom. The van der Waals surface area contributed by atoms with Gasteiger partial charge in [-0.05, 0) is 35.0 Å². The van der Waals surface area contributed by atoms with Crippen molar-refractivity contribution in [3.05, 3.63) is 71.8 Å². The first kappa shape index (κ1) is 14.6. The van der Waals surface area contributed by atoms with Crippen LogP contribution in [0, 0.1) is 0 Å². The highest BCUT2D eigenvalue weighted by Crippen LogP contribution is 2.26. The lowest BCUT2D eigenvalue weighted by molar-refractivity contribution is 0.0696. The molecule has 3 N–H and O–H groups in total. The lowest BCUT2D eigenvalue weighted by atomic mass is 10.0. The molecule has 0 aromatic heterocycles. The molecule has 5 nitrogen and oxygen atoms in total. The molecule has 0 unspecified atom stereocenters. The van der Waals surface area contributed by atoms with Gasteiger partial charge < -0.3 is 15.5 Å². The number of phenolic OH excluding ortho intramolecular Hbond substituents is 1. The number of aromatic carboxylic acids is 1. The quantitative estimate of drug-likeness (QED) is 0.646. The number of fused-ring (bicyclic) bond motifs is 1. The Kier molecular flexibility index (Phi) is 3.68. The fraction of sp³-hybridized carbons (Fsp3) is 0. The molecule has 3 aromatic carbocycles. The van der Waals surface area contributed by atoms with Crippen LogP contribution >= 0.6 is 0 Å². The average molecular weight is 307 g/mol. The fourth-order valence-corrected chi connectivity index (χ4v) is 2.38. The maximum Gasteiger partial charge on any atom is 0.335 e. The maximum atomic E-state index is 12.5. The van der Waals surface area contributed by atoms with Crippen LogP contribution in [-0.4, -0.2) is 22.1 Å². The second-order valence-corrected chi connectivity index (χ2v) is 5.02. The standard InChI is InChI=1S/C18H13NO4/c20-16-9-8-12(18(22)23)10-15(16)19-17(21)14-7-3-5-11-4-1-2-6-13(11)14/h1-10,20H,(H,19,21)(H,22,23). The van der Waals surface area contributed by atoms with E-state index in [2.05, 4.69) is 5.32 Å². The lowest BCUT2D eigenvalue weighted by Gasteiger charge is -2.10. The van der Waals surface area contributed by atoms with E-state index >= 15 is 0 Å². The molecule has 0 saturated heterocycles. The minimum Gasteiger partial charge on any atom is -0.506 e. The molecule has 0 aliphatic heterocycles. The van der Waals surface area contributed by atoms with Gasteiger partial charge in [-0.3, -0.25) is 4.79 Å². The van der Waals surface area contributed by atoms with E-state index in [0.717, 1.165) is 10.8 Å². The number of hydrogen-bond donors (Lipinski definition) is 3. The molecule has 0 saturated carbocycles. The van der Waals surface area contributed by atoms with Gasteiger partial charge in [0.25, 0.3) is 5.91 Å². The van der Waals surface area contributed by atoms with Crippen molar-refractivity contribution in [3.8, 4) is 5.75 Å². The van der Waals surface area contributed by atoms with Gasteiger partial charge in [0.05, 0.1) is 11.3 Å². The lowest BCUT2D eigenvalue weighted by Crippen LogP contribution is -2.13. The summed E-state index contributed by atoms with van der Waals surface area (Å²) < 4.78 is 0. The van der Waals surface area contributed by atoms with Gasteiger partial charge in [0.1, 0.15) is 5.75 Å². The van der Waals surface area contributed by atoms with Gasteiger partial charge in [-0.15, -0.1) is 0 Å². The van der Waals surface area contributed by atoms with E-state index in [1.807, 2.05) is 30.3 Å². The summed E-state index contributed by atoms with van der Waals surface area (Å²) in [6, 6.07) is 16.5. The number of carboxylic acids is 1. The van der Waals surface area contributed by atoms with Crippen molar-refractivity contribution in [1.82, 2.24) is 0 Å². The van der Waals surface area contributed by atoms with Gasteiger partial charge in [-0.25, -0.2) is 4.79 Å². The van der Waals surface area contributed by atoms with E-state index in [9.17, 15) is 14.7 Å². The second kappa shape index (κ2) is 5.81. The minimum atomic E-state index is -1.13. The minimum absolute atomic E-state index is 0.0176. The number of phenols is 1. The molecule has 3 aromatic rings. The number of rotatable bonds is 3. The summed E-state index contributed by atoms with van der Waals surface area (Å²) in [4.78, 5) is 23.5. The summed E-state index contributed by atoms with van der Waals surface area (Å²) in [5.74, 6) is -1.74. The molecule has 0 bridgehead atoms. The largest absolute Gasteiger partial charge is 0.506 e. The van der Waals surface area contributed by atoms with E-state index < -0.39 is 11.9 Å². The van der Waals surface area contributed by atoms with Crippen LogP contribution in [0.15, 0.2) is 60.7 Å². The molecule has 0 spiro atoms. The van der Waals surface area contributed by atoms with Crippen LogP contribution in [0.5, 0.6) is 5.75 Å². The fourth-order valence-electron chi connectivity index (χ4n) is 2.38. The average Bonchev–Trinajstić information content (AvgIpc) is 2.56. The van der Waals surface area contributed by atoms with Gasteiger partial charge in [0.15, 0.2) is 0 Å². The number of amides is 1. The molecule has 0 atom stereocenters. The summed E-state index contributed by atoms with van der Waals surface area (Å²) in [6.07, 6.45) is 0. The first-order valence-electron chi connectivity index (χ1n) is 6.91. The second-order valence-electron chi connectivity index (χ2n) is 5.02. The Labute approximate surface area is 131 Å². The van der Waals surface area contributed by atoms with Crippen molar-refractivity contribution in [2.24, 2.45) is 0 Å². The first-order chi connectivity index (χ1) is 11.1. The van der Waals surface area contributed by atoms with Crippen molar-refractivity contribution in [1.29, 1.82) is 0 Å². The number of nitrogens with one attached hydrogen (secondary N) is 1. The Morgan fingerprint density at radius 1 is 0.913 bits per heavy atom. The highest BCUT2D eigenvalue weighted by atomic mass is 16.4. The third-order valence-corrected chi connectivity index (χ3v) is 3.53. The number of carbonyl (C=O) groups is 2. The summed E-state index contributed by atoms with van der Waals surface area (Å²) in [6.45, 7) is 0. The van der Waals surface area contributed by atoms with Crippen molar-refractivity contribution in [2.45, 2.75) is 0 Å². The topological polar surface area (TPSA) is 86.6 Å². The maximum absolute atomic E-state index is 12.5. The van der Waals surface area contributed by atoms with E-state index in [4.69, 9.17) is 5.11 Å². The predicted molar refractivity (Wildman–Crippen MR) is 87.0 cm³/mol. The zero-order chi connectivity index (χ0) is 16.4. The number of hydrogen-bond acceptors (Lipinski definition) is 3. The molecule has 23 heavy (non-hydrogen) atoms. The Balaban J connectivity index is 1.98. The first-order valence-corrected chi connectivity index (χ1v) is 6.91. The van der Waals surface area contributed by atoms with Crippen LogP contribution in [0.4, 0.5) is 5.69 Å². The van der Waals surface area contributed by atoms with Crippen LogP contribution in [0.1, 0.15) is 20.7 Å². The molecule has 0 heterocycles. The summed E-state index contributed by atoms with van der Waals surface area (Å²) in [5.41, 5.74) is 0.488. The number of carboxylic acid groups (broad SMARTS) is 1. The van der Waals surface area contributed by atoms with Crippen molar-refractivity contribution < 1.29 is 19.8 Å². The van der Waals surface area contributed by atoms with Gasteiger partial charge in [0.2, 0.25) is 0 Å². The number of benzene rings is 3. The zero-order valence-corrected chi connectivity index (χ0v) is 12.0. The molecule has 5 heteroatoms. The van der Waals surface area contributed by atoms with E-state index in [1.54, 1.807) is 12.1 Å². The molecule has 0 radical (unpaired) electrons. The van der Waals surface area contributed by atoms with E-state index in [-0.39, 0.29) is 17.0 Å². The molecular weight excluding hydrogens is 294 g/mol. The van der Waals surface area contributed by atoms with E-state index in [0.29, 0.717) is 5.56 Å². The Morgan fingerprint density at radius 2 is 1.65 bits per heavy atom. The van der Waals surface area contributed by atoms with Crippen molar-refractivity contribution in [2.75, 3.05) is 5.32 Å². The monoisotopic (exact) mass is 307 g/mol. The summed E-state index contributed by atoms with van der Waals surface area (Å²) in [5, 5.41) is 23.1. The third kappa shape index (κ3) is 2.85. The highest BCUT2D eigenvalue weighted by molar-refractivity contribution is 6.13. The summed E-state index contributed by atoms with van der Waals surface area (Å²) in [7, 11) is 0. The molecule has 114 valence electrons. The van der Waals surface area contributed by atoms with Gasteiger partial charge in [0, 0.05) is 5.56 Å². The molecule has 0 aliphatic rings. The number of anilines is 1. The molecule has 0 aliphatic carbocycles. The van der Waals surface area contributed by atoms with Crippen LogP contribution in [0.25, 0.3) is 10.8 Å². The molecule has 3 rings (SSSR count). The number of aromatic hydroxyl groups is 1. The van der Waals surface area contributed by atoms with Crippen LogP contribution in [-0.2, 0) is 0 Å². The number of carbonyl (C=O) groups excluding carboxylic acids is 1. The van der Waals surface area contributed by atoms with Gasteiger partial charge in [-0.2, -0.15) is 0 Å². The Hall–Kier alpha value is -3.34. The Bertz CT molecular complexity index is 913. The van der Waals surface area contributed by atoms with Crippen LogP contribution in [0.2, 0.25) is 0 Å². The van der Waals surface area contributed by atoms with Crippen molar-refractivity contribution >= 4 is 28.3 Å². The normalized spacial score (nSPS) is 10.4. The van der Waals surface area contributed by atoms with E-state index in [1.165, 1.54) is 18.2 Å². The van der Waals surface area contributed by atoms with Gasteiger partial charge >= 0.3 is 5.97 Å². The van der Waals surface area contributed by atoms with Crippen LogP contribution in [0.3, 0.4) is 0 Å². The highest BCUT2D eigenvalue weighted by Gasteiger charge is 2.14. The predicted octanol–water partition coefficient (Wildman–Crippen LogP) is 3.50. The van der Waals surface area contributed by atoms with Crippen LogP contribution < -0.4 is 5.32 Å². The SMILES string of the molecule is O=C(O)c1ccc(O)c(NC(=O)c2cccc3ccccc23)c1. The zero-order valence-electron chi connectivity index (χ0n) is 12.0. The molecular formula is C18H13NO4. The van der Waals surface area contributed by atoms with Crippen molar-refractivity contribution in [3.63, 3.8) is 0 Å².